The number of guanidine groups is 1. The molecular weight excluding hydrogens is 288 g/mol. The number of carbonyl (C=O) groups excluding carboxylic acids is 1. The van der Waals surface area contributed by atoms with Crippen LogP contribution in [0, 0.1) is 5.92 Å². The molecule has 5 nitrogen and oxygen atoms in total. The van der Waals surface area contributed by atoms with E-state index >= 15 is 0 Å². The second kappa shape index (κ2) is 9.78. The molecule has 1 saturated heterocycles. The molecule has 2 aliphatic rings. The second-order valence-corrected chi connectivity index (χ2v) is 6.97. The van der Waals surface area contributed by atoms with Gasteiger partial charge in [-0.1, -0.05) is 45.4 Å². The van der Waals surface area contributed by atoms with Crippen LogP contribution in [0.5, 0.6) is 0 Å². The molecule has 2 rings (SSSR count). The summed E-state index contributed by atoms with van der Waals surface area (Å²) < 4.78 is 0. The second-order valence-electron chi connectivity index (χ2n) is 6.97. The van der Waals surface area contributed by atoms with Crippen LogP contribution in [-0.2, 0) is 4.79 Å². The number of hydrogen-bond donors (Lipinski definition) is 2. The molecule has 1 amide bonds. The zero-order valence-electron chi connectivity index (χ0n) is 14.9. The predicted octanol–water partition coefficient (Wildman–Crippen LogP) is 2.52. The van der Waals surface area contributed by atoms with E-state index in [4.69, 9.17) is 0 Å². The number of unbranched alkanes of at least 4 members (excludes halogenated alkanes) is 1. The first-order chi connectivity index (χ1) is 11.2. The molecule has 2 fully saturated rings. The Morgan fingerprint density at radius 3 is 2.70 bits per heavy atom. The zero-order valence-corrected chi connectivity index (χ0v) is 14.9. The first kappa shape index (κ1) is 18.1. The van der Waals surface area contributed by atoms with Crippen molar-refractivity contribution in [2.24, 2.45) is 10.9 Å². The highest BCUT2D eigenvalue weighted by Crippen LogP contribution is 2.28. The highest BCUT2D eigenvalue weighted by molar-refractivity contribution is 5.80. The summed E-state index contributed by atoms with van der Waals surface area (Å²) in [5.74, 6) is 2.12. The Kier molecular flexibility index (Phi) is 7.69. The number of rotatable bonds is 7. The number of amides is 1. The summed E-state index contributed by atoms with van der Waals surface area (Å²) in [7, 11) is 1.82. The smallest absolute Gasteiger partial charge is 0.222 e. The minimum Gasteiger partial charge on any atom is -0.356 e. The SMILES string of the molecule is CCC(=O)N1CCC(NC(=NC)NCCCCC2CCCC2)C1. The largest absolute Gasteiger partial charge is 0.356 e. The van der Waals surface area contributed by atoms with Crippen LogP contribution in [0.1, 0.15) is 64.7 Å². The van der Waals surface area contributed by atoms with Gasteiger partial charge in [-0.3, -0.25) is 9.79 Å². The van der Waals surface area contributed by atoms with Gasteiger partial charge in [0.05, 0.1) is 0 Å². The van der Waals surface area contributed by atoms with Gasteiger partial charge < -0.3 is 15.5 Å². The number of carbonyl (C=O) groups is 1. The van der Waals surface area contributed by atoms with Crippen LogP contribution >= 0.6 is 0 Å². The molecule has 1 aliphatic carbocycles. The maximum absolute atomic E-state index is 11.7. The predicted molar refractivity (Wildman–Crippen MR) is 95.6 cm³/mol. The minimum absolute atomic E-state index is 0.254. The number of hydrogen-bond acceptors (Lipinski definition) is 2. The molecule has 23 heavy (non-hydrogen) atoms. The third-order valence-corrected chi connectivity index (χ3v) is 5.21. The van der Waals surface area contributed by atoms with Gasteiger partial charge in [-0.15, -0.1) is 0 Å². The lowest BCUT2D eigenvalue weighted by atomic mass is 10.0. The third-order valence-electron chi connectivity index (χ3n) is 5.21. The van der Waals surface area contributed by atoms with Gasteiger partial charge in [0, 0.05) is 39.1 Å². The van der Waals surface area contributed by atoms with Crippen molar-refractivity contribution in [2.45, 2.75) is 70.8 Å². The Hall–Kier alpha value is -1.26. The van der Waals surface area contributed by atoms with Gasteiger partial charge in [0.2, 0.25) is 5.91 Å². The molecule has 1 heterocycles. The highest BCUT2D eigenvalue weighted by atomic mass is 16.2. The maximum Gasteiger partial charge on any atom is 0.222 e. The van der Waals surface area contributed by atoms with Crippen molar-refractivity contribution in [3.8, 4) is 0 Å². The third kappa shape index (κ3) is 6.04. The van der Waals surface area contributed by atoms with Gasteiger partial charge >= 0.3 is 0 Å². The van der Waals surface area contributed by atoms with Gasteiger partial charge in [-0.25, -0.2) is 0 Å². The number of likely N-dealkylation sites (tertiary alicyclic amines) is 1. The molecule has 5 heteroatoms. The van der Waals surface area contributed by atoms with Crippen LogP contribution in [0.15, 0.2) is 4.99 Å². The Labute approximate surface area is 141 Å². The fourth-order valence-corrected chi connectivity index (χ4v) is 3.78. The van der Waals surface area contributed by atoms with E-state index < -0.39 is 0 Å². The number of nitrogens with zero attached hydrogens (tertiary/aromatic N) is 2. The van der Waals surface area contributed by atoms with Crippen LogP contribution in [0.3, 0.4) is 0 Å². The Bertz CT molecular complexity index is 390. The van der Waals surface area contributed by atoms with E-state index in [1.807, 2.05) is 18.9 Å². The fraction of sp³-hybridized carbons (Fsp3) is 0.889. The number of nitrogens with one attached hydrogen (secondary N) is 2. The molecule has 1 unspecified atom stereocenters. The van der Waals surface area contributed by atoms with E-state index in [0.717, 1.165) is 37.9 Å². The van der Waals surface area contributed by atoms with Crippen molar-refractivity contribution in [3.63, 3.8) is 0 Å². The summed E-state index contributed by atoms with van der Waals surface area (Å²) in [6, 6.07) is 0.329. The maximum atomic E-state index is 11.7. The molecule has 0 aromatic carbocycles. The summed E-state index contributed by atoms with van der Waals surface area (Å²) >= 11 is 0. The zero-order chi connectivity index (χ0) is 16.5. The van der Waals surface area contributed by atoms with E-state index in [1.165, 1.54) is 44.9 Å². The van der Waals surface area contributed by atoms with E-state index in [9.17, 15) is 4.79 Å². The van der Waals surface area contributed by atoms with E-state index in [1.54, 1.807) is 0 Å². The van der Waals surface area contributed by atoms with Crippen LogP contribution in [0.4, 0.5) is 0 Å². The first-order valence-corrected chi connectivity index (χ1v) is 9.48. The normalized spacial score (nSPS) is 22.6. The Morgan fingerprint density at radius 1 is 1.22 bits per heavy atom. The number of aliphatic imine (C=N–C) groups is 1. The Balaban J connectivity index is 1.57. The standard InChI is InChI=1S/C18H34N4O/c1-3-17(23)22-13-11-16(14-22)21-18(19-2)20-12-7-6-10-15-8-4-5-9-15/h15-16H,3-14H2,1-2H3,(H2,19,20,21). The van der Waals surface area contributed by atoms with Crippen molar-refractivity contribution >= 4 is 11.9 Å². The molecule has 1 atom stereocenters. The monoisotopic (exact) mass is 322 g/mol. The van der Waals surface area contributed by atoms with Crippen molar-refractivity contribution in [3.05, 3.63) is 0 Å². The van der Waals surface area contributed by atoms with Crippen molar-refractivity contribution in [1.29, 1.82) is 0 Å². The lowest BCUT2D eigenvalue weighted by molar-refractivity contribution is -0.129. The highest BCUT2D eigenvalue weighted by Gasteiger charge is 2.25. The van der Waals surface area contributed by atoms with Gasteiger partial charge in [-0.2, -0.15) is 0 Å². The summed E-state index contributed by atoms with van der Waals surface area (Å²) in [6.07, 6.45) is 11.3. The topological polar surface area (TPSA) is 56.7 Å². The average molecular weight is 322 g/mol. The van der Waals surface area contributed by atoms with Crippen molar-refractivity contribution < 1.29 is 4.79 Å². The summed E-state index contributed by atoms with van der Waals surface area (Å²) in [6.45, 7) is 4.57. The van der Waals surface area contributed by atoms with Gasteiger partial charge in [0.25, 0.3) is 0 Å². The van der Waals surface area contributed by atoms with Crippen LogP contribution in [0.25, 0.3) is 0 Å². The average Bonchev–Trinajstić information content (AvgIpc) is 3.24. The summed E-state index contributed by atoms with van der Waals surface area (Å²) in [5, 5.41) is 6.87. The first-order valence-electron chi connectivity index (χ1n) is 9.48. The molecule has 2 N–H and O–H groups in total. The molecule has 1 saturated carbocycles. The van der Waals surface area contributed by atoms with Crippen LogP contribution in [0.2, 0.25) is 0 Å². The summed E-state index contributed by atoms with van der Waals surface area (Å²) in [5.41, 5.74) is 0. The molecule has 0 aromatic heterocycles. The molecule has 0 radical (unpaired) electrons. The molecule has 1 aliphatic heterocycles. The van der Waals surface area contributed by atoms with Crippen LogP contribution in [-0.4, -0.2) is 49.5 Å². The van der Waals surface area contributed by atoms with Gasteiger partial charge in [0.1, 0.15) is 0 Å². The lowest BCUT2D eigenvalue weighted by Crippen LogP contribution is -2.45. The molecule has 0 bridgehead atoms. The van der Waals surface area contributed by atoms with E-state index in [2.05, 4.69) is 15.6 Å². The molecular formula is C18H34N4O. The quantitative estimate of drug-likeness (QED) is 0.430. The fourth-order valence-electron chi connectivity index (χ4n) is 3.78. The van der Waals surface area contributed by atoms with E-state index in [0.29, 0.717) is 12.5 Å². The Morgan fingerprint density at radius 2 is 2.00 bits per heavy atom. The van der Waals surface area contributed by atoms with Gasteiger partial charge in [0.15, 0.2) is 5.96 Å². The van der Waals surface area contributed by atoms with Crippen LogP contribution < -0.4 is 10.6 Å². The lowest BCUT2D eigenvalue weighted by Gasteiger charge is -2.18. The molecule has 0 aromatic rings. The molecule has 132 valence electrons. The van der Waals surface area contributed by atoms with Crippen molar-refractivity contribution in [2.75, 3.05) is 26.7 Å². The van der Waals surface area contributed by atoms with Gasteiger partial charge in [-0.05, 0) is 18.8 Å². The molecule has 0 spiro atoms. The minimum atomic E-state index is 0.254. The van der Waals surface area contributed by atoms with E-state index in [-0.39, 0.29) is 5.91 Å². The van der Waals surface area contributed by atoms with Crippen molar-refractivity contribution in [1.82, 2.24) is 15.5 Å². The summed E-state index contributed by atoms with van der Waals surface area (Å²) in [4.78, 5) is 18.0.